The second-order valence-electron chi connectivity index (χ2n) is 14.3. The summed E-state index contributed by atoms with van der Waals surface area (Å²) in [7, 11) is 7.01. The molecule has 0 unspecified atom stereocenters. The van der Waals surface area contributed by atoms with E-state index in [4.69, 9.17) is 37.9 Å². The molecule has 1 aliphatic carbocycles. The molecule has 13 nitrogen and oxygen atoms in total. The average molecular weight is 797 g/mol. The fourth-order valence-corrected chi connectivity index (χ4v) is 8.75. The van der Waals surface area contributed by atoms with Gasteiger partial charge in [0.15, 0.2) is 11.5 Å². The van der Waals surface area contributed by atoms with E-state index in [1.807, 2.05) is 12.1 Å². The SMILES string of the molecule is COC(=O)[C@H]1[C@H]2C[C@@H]3c4[nH]c5cc(OC)ccc5c4CCN3C[C@H]2C[C@@H](OC(=O)c2cc(OC)c(OC(=O)OCc3cccc(C(F)(F)F)c3)c(OC)c2)[C@@H]1OC. The Bertz CT molecular complexity index is 2130. The number of ether oxygens (including phenoxy) is 8. The van der Waals surface area contributed by atoms with Crippen LogP contribution in [0.25, 0.3) is 10.9 Å². The fraction of sp³-hybridized carbons (Fsp3) is 0.439. The highest BCUT2D eigenvalue weighted by molar-refractivity contribution is 5.92. The quantitative estimate of drug-likeness (QED) is 0.101. The van der Waals surface area contributed by atoms with Crippen molar-refractivity contribution in [2.24, 2.45) is 17.8 Å². The van der Waals surface area contributed by atoms with E-state index in [1.165, 1.54) is 58.3 Å². The van der Waals surface area contributed by atoms with Crippen molar-refractivity contribution in [3.05, 3.63) is 82.5 Å². The van der Waals surface area contributed by atoms with Gasteiger partial charge in [0.05, 0.1) is 51.5 Å². The summed E-state index contributed by atoms with van der Waals surface area (Å²) in [6, 6.07) is 13.0. The van der Waals surface area contributed by atoms with Crippen molar-refractivity contribution >= 4 is 29.0 Å². The summed E-state index contributed by atoms with van der Waals surface area (Å²) in [6.07, 6.45) is -5.52. The molecule has 0 spiro atoms. The van der Waals surface area contributed by atoms with E-state index in [0.29, 0.717) is 19.4 Å². The number of H-pyrrole nitrogens is 1. The minimum atomic E-state index is -4.57. The number of alkyl halides is 3. The Morgan fingerprint density at radius 1 is 0.912 bits per heavy atom. The van der Waals surface area contributed by atoms with Gasteiger partial charge in [0.25, 0.3) is 0 Å². The largest absolute Gasteiger partial charge is 0.514 e. The zero-order valence-electron chi connectivity index (χ0n) is 32.0. The van der Waals surface area contributed by atoms with Crippen LogP contribution in [0.5, 0.6) is 23.0 Å². The van der Waals surface area contributed by atoms with Gasteiger partial charge in [0, 0.05) is 42.9 Å². The Kier molecular flexibility index (Phi) is 11.3. The van der Waals surface area contributed by atoms with Crippen LogP contribution in [0.2, 0.25) is 0 Å². The summed E-state index contributed by atoms with van der Waals surface area (Å²) in [5.41, 5.74) is 2.58. The van der Waals surface area contributed by atoms with Gasteiger partial charge >= 0.3 is 24.3 Å². The van der Waals surface area contributed by atoms with Gasteiger partial charge in [-0.15, -0.1) is 0 Å². The molecule has 304 valence electrons. The number of rotatable bonds is 10. The number of methoxy groups -OCH3 is 5. The summed E-state index contributed by atoms with van der Waals surface area (Å²) in [4.78, 5) is 46.2. The highest BCUT2D eigenvalue weighted by Crippen LogP contribution is 2.51. The lowest BCUT2D eigenvalue weighted by Gasteiger charge is -2.52. The molecule has 4 aromatic rings. The Balaban J connectivity index is 1.08. The molecule has 3 aromatic carbocycles. The Morgan fingerprint density at radius 2 is 1.67 bits per heavy atom. The fourth-order valence-electron chi connectivity index (χ4n) is 8.75. The van der Waals surface area contributed by atoms with Crippen molar-refractivity contribution in [1.29, 1.82) is 0 Å². The number of nitrogens with one attached hydrogen (secondary N) is 1. The van der Waals surface area contributed by atoms with Crippen molar-refractivity contribution in [3.8, 4) is 23.0 Å². The van der Waals surface area contributed by atoms with Crippen molar-refractivity contribution < 1.29 is 65.4 Å². The lowest BCUT2D eigenvalue weighted by atomic mass is 9.63. The number of nitrogens with zero attached hydrogens (tertiary/aromatic N) is 1. The zero-order valence-corrected chi connectivity index (χ0v) is 32.0. The summed E-state index contributed by atoms with van der Waals surface area (Å²) < 4.78 is 83.5. The van der Waals surface area contributed by atoms with Crippen LogP contribution < -0.4 is 18.9 Å². The Labute approximate surface area is 326 Å². The van der Waals surface area contributed by atoms with Gasteiger partial charge < -0.3 is 42.9 Å². The van der Waals surface area contributed by atoms with E-state index in [2.05, 4.69) is 16.0 Å². The number of hydrogen-bond acceptors (Lipinski definition) is 12. The topological polar surface area (TPSA) is 144 Å². The minimum Gasteiger partial charge on any atom is -0.497 e. The van der Waals surface area contributed by atoms with Crippen LogP contribution in [0.3, 0.4) is 0 Å². The molecule has 3 heterocycles. The van der Waals surface area contributed by atoms with Gasteiger partial charge in [-0.1, -0.05) is 12.1 Å². The molecule has 57 heavy (non-hydrogen) atoms. The second kappa shape index (κ2) is 16.2. The maximum Gasteiger partial charge on any atom is 0.514 e. The molecule has 0 amide bonds. The molecule has 1 saturated carbocycles. The first kappa shape index (κ1) is 39.7. The van der Waals surface area contributed by atoms with Crippen molar-refractivity contribution in [2.75, 3.05) is 48.6 Å². The minimum absolute atomic E-state index is 0.0114. The van der Waals surface area contributed by atoms with Gasteiger partial charge in [-0.3, -0.25) is 9.69 Å². The third kappa shape index (κ3) is 7.80. The number of esters is 2. The molecule has 16 heteroatoms. The standard InChI is InChI=1S/C41H43F3N2O11/c1-50-25-9-10-26-27-11-12-46-19-23-16-33(37(53-4)34(39(48)54-5)28(23)18-30(46)35(27)45-29(26)17-25)56-38(47)22-14-31(51-2)36(32(15-22)52-3)57-40(49)55-20-21-7-6-8-24(13-21)41(42,43)44/h6-10,13-15,17,23,28,30,33-34,37,45H,11-12,16,18-20H2,1-5H3/t23-,28+,30-,33-,34+,37+/m1/s1. The Morgan fingerprint density at radius 3 is 2.33 bits per heavy atom. The van der Waals surface area contributed by atoms with Gasteiger partial charge in [-0.05, 0) is 78.6 Å². The highest BCUT2D eigenvalue weighted by Gasteiger charge is 2.54. The van der Waals surface area contributed by atoms with Crippen LogP contribution in [0.1, 0.15) is 51.6 Å². The van der Waals surface area contributed by atoms with Crippen LogP contribution >= 0.6 is 0 Å². The first-order chi connectivity index (χ1) is 27.4. The van der Waals surface area contributed by atoms with Crippen molar-refractivity contribution in [3.63, 3.8) is 0 Å². The van der Waals surface area contributed by atoms with Crippen LogP contribution in [0.4, 0.5) is 18.0 Å². The number of benzene rings is 3. The normalized spacial score (nSPS) is 23.0. The number of aromatic amines is 1. The molecule has 3 aliphatic rings. The summed E-state index contributed by atoms with van der Waals surface area (Å²) in [5.74, 6) is -1.75. The average Bonchev–Trinajstić information content (AvgIpc) is 3.59. The molecule has 6 atom stereocenters. The van der Waals surface area contributed by atoms with E-state index in [9.17, 15) is 27.6 Å². The monoisotopic (exact) mass is 796 g/mol. The lowest BCUT2D eigenvalue weighted by molar-refractivity contribution is -0.176. The molecular formula is C41H43F3N2O11. The summed E-state index contributed by atoms with van der Waals surface area (Å²) >= 11 is 0. The molecule has 2 fully saturated rings. The van der Waals surface area contributed by atoms with E-state index < -0.39 is 54.6 Å². The van der Waals surface area contributed by atoms with Gasteiger partial charge in [-0.2, -0.15) is 13.2 Å². The van der Waals surface area contributed by atoms with E-state index in [1.54, 1.807) is 7.11 Å². The van der Waals surface area contributed by atoms with E-state index in [0.717, 1.165) is 47.4 Å². The van der Waals surface area contributed by atoms with Crippen LogP contribution in [0.15, 0.2) is 54.6 Å². The molecule has 7 rings (SSSR count). The van der Waals surface area contributed by atoms with E-state index in [-0.39, 0.29) is 46.3 Å². The van der Waals surface area contributed by atoms with Crippen LogP contribution in [-0.4, -0.2) is 88.8 Å². The number of halogens is 3. The number of carbonyl (C=O) groups excluding carboxylic acids is 3. The smallest absolute Gasteiger partial charge is 0.497 e. The number of aromatic nitrogens is 1. The van der Waals surface area contributed by atoms with Crippen molar-refractivity contribution in [1.82, 2.24) is 9.88 Å². The number of fused-ring (bicyclic) bond motifs is 6. The maximum absolute atomic E-state index is 13.9. The molecule has 1 N–H and O–H groups in total. The molecule has 0 radical (unpaired) electrons. The van der Waals surface area contributed by atoms with Crippen LogP contribution in [-0.2, 0) is 42.9 Å². The Hall–Kier alpha value is -5.48. The second-order valence-corrected chi connectivity index (χ2v) is 14.3. The summed E-state index contributed by atoms with van der Waals surface area (Å²) in [6.45, 7) is 0.989. The van der Waals surface area contributed by atoms with Crippen LogP contribution in [0, 0.1) is 17.8 Å². The molecule has 1 aromatic heterocycles. The molecule has 0 bridgehead atoms. The third-order valence-electron chi connectivity index (χ3n) is 11.4. The van der Waals surface area contributed by atoms with Crippen molar-refractivity contribution in [2.45, 2.75) is 50.3 Å². The predicted octanol–water partition coefficient (Wildman–Crippen LogP) is 6.90. The molecule has 2 aliphatic heterocycles. The lowest BCUT2D eigenvalue weighted by Crippen LogP contribution is -2.58. The van der Waals surface area contributed by atoms with Gasteiger partial charge in [0.2, 0.25) is 5.75 Å². The summed E-state index contributed by atoms with van der Waals surface area (Å²) in [5, 5.41) is 1.16. The van der Waals surface area contributed by atoms with E-state index >= 15 is 0 Å². The van der Waals surface area contributed by atoms with Gasteiger partial charge in [-0.25, -0.2) is 9.59 Å². The number of hydrogen-bond donors (Lipinski definition) is 1. The number of carbonyl (C=O) groups is 3. The first-order valence-electron chi connectivity index (χ1n) is 18.4. The highest BCUT2D eigenvalue weighted by atomic mass is 19.4. The maximum atomic E-state index is 13.9. The predicted molar refractivity (Wildman–Crippen MR) is 196 cm³/mol. The van der Waals surface area contributed by atoms with Gasteiger partial charge in [0.1, 0.15) is 24.6 Å². The molecular weight excluding hydrogens is 753 g/mol. The first-order valence-corrected chi connectivity index (χ1v) is 18.4. The molecule has 1 saturated heterocycles. The zero-order chi connectivity index (χ0) is 40.6. The number of piperidine rings is 1. The third-order valence-corrected chi connectivity index (χ3v) is 11.4.